The minimum absolute atomic E-state index is 0. The number of hydrogen-bond acceptors (Lipinski definition) is 5. The van der Waals surface area contributed by atoms with E-state index in [1.54, 1.807) is 35.1 Å². The summed E-state index contributed by atoms with van der Waals surface area (Å²) in [4.78, 5) is 9.94. The average molecular weight is 530 g/mol. The lowest BCUT2D eigenvalue weighted by Crippen LogP contribution is -3.00. The number of aromatic nitrogens is 4. The highest BCUT2D eigenvalue weighted by molar-refractivity contribution is 7.13. The fourth-order valence-electron chi connectivity index (χ4n) is 3.26. The van der Waals surface area contributed by atoms with E-state index in [-0.39, 0.29) is 33.4 Å². The Kier molecular flexibility index (Phi) is 6.65. The molecule has 10 heteroatoms. The molecular weight excluding hydrogens is 509 g/mol. The van der Waals surface area contributed by atoms with Gasteiger partial charge in [-0.25, -0.2) is 14.6 Å². The topological polar surface area (TPSA) is 43.6 Å². The number of nitrogens with zero attached hydrogens (tertiary/aromatic N) is 4. The van der Waals surface area contributed by atoms with E-state index < -0.39 is 11.7 Å². The van der Waals surface area contributed by atoms with Crippen molar-refractivity contribution in [3.05, 3.63) is 50.9 Å². The molecule has 4 nitrogen and oxygen atoms in total. The van der Waals surface area contributed by atoms with Crippen molar-refractivity contribution in [1.82, 2.24) is 19.7 Å². The summed E-state index contributed by atoms with van der Waals surface area (Å²) in [6, 6.07) is 4.71. The van der Waals surface area contributed by atoms with Crippen LogP contribution in [-0.4, -0.2) is 19.7 Å². The Labute approximate surface area is 196 Å². The number of fused-ring (bicyclic) bond motifs is 1. The van der Waals surface area contributed by atoms with Gasteiger partial charge >= 0.3 is 6.18 Å². The van der Waals surface area contributed by atoms with Crippen LogP contribution in [0.25, 0.3) is 21.6 Å². The van der Waals surface area contributed by atoms with E-state index in [0.29, 0.717) is 29.2 Å². The zero-order valence-electron chi connectivity index (χ0n) is 17.4. The van der Waals surface area contributed by atoms with E-state index in [0.717, 1.165) is 16.8 Å². The molecule has 0 aliphatic heterocycles. The maximum Gasteiger partial charge on any atom is 0.417 e. The van der Waals surface area contributed by atoms with Crippen LogP contribution in [0.15, 0.2) is 29.0 Å². The first-order chi connectivity index (χ1) is 14.0. The predicted octanol–water partition coefficient (Wildman–Crippen LogP) is 3.49. The summed E-state index contributed by atoms with van der Waals surface area (Å²) in [7, 11) is 0. The quantitative estimate of drug-likeness (QED) is 0.406. The second kappa shape index (κ2) is 8.63. The number of thiophene rings is 1. The molecule has 0 unspecified atom stereocenters. The maximum absolute atomic E-state index is 13.8. The van der Waals surface area contributed by atoms with Crippen LogP contribution in [0.2, 0.25) is 0 Å². The normalized spacial score (nSPS) is 12.4. The third-order valence-corrected chi connectivity index (χ3v) is 6.61. The Hall–Kier alpha value is -1.78. The van der Waals surface area contributed by atoms with Gasteiger partial charge in [-0.3, -0.25) is 0 Å². The molecule has 0 saturated heterocycles. The van der Waals surface area contributed by atoms with E-state index in [1.165, 1.54) is 11.3 Å². The molecule has 0 aliphatic rings. The van der Waals surface area contributed by atoms with Crippen LogP contribution in [0, 0.1) is 6.92 Å². The minimum Gasteiger partial charge on any atom is -1.00 e. The Bertz CT molecular complexity index is 1190. The van der Waals surface area contributed by atoms with E-state index in [1.807, 2.05) is 10.8 Å². The molecular formula is C21H21BrF3N4S2-. The second-order valence-corrected chi connectivity index (χ2v) is 10.1. The molecule has 0 bridgehead atoms. The first-order valence-electron chi connectivity index (χ1n) is 9.48. The molecule has 4 aromatic heterocycles. The van der Waals surface area contributed by atoms with Crippen molar-refractivity contribution in [2.45, 2.75) is 52.3 Å². The van der Waals surface area contributed by atoms with Gasteiger partial charge in [-0.1, -0.05) is 26.8 Å². The number of aryl methyl sites for hydroxylation is 3. The first kappa shape index (κ1) is 23.9. The third-order valence-electron chi connectivity index (χ3n) is 4.81. The summed E-state index contributed by atoms with van der Waals surface area (Å²) in [6.07, 6.45) is -3.90. The van der Waals surface area contributed by atoms with Crippen molar-refractivity contribution in [3.8, 4) is 10.6 Å². The van der Waals surface area contributed by atoms with Crippen LogP contribution < -0.4 is 17.0 Å². The summed E-state index contributed by atoms with van der Waals surface area (Å²) in [5.74, 6) is 0. The van der Waals surface area contributed by atoms with Crippen LogP contribution in [0.3, 0.4) is 0 Å². The van der Waals surface area contributed by atoms with Gasteiger partial charge in [0.2, 0.25) is 0 Å². The number of rotatable bonds is 4. The molecule has 4 heterocycles. The highest BCUT2D eigenvalue weighted by Gasteiger charge is 2.35. The third kappa shape index (κ3) is 4.85. The number of alkyl halides is 3. The highest BCUT2D eigenvalue weighted by atomic mass is 79.9. The monoisotopic (exact) mass is 529 g/mol. The molecule has 0 fully saturated rings. The molecule has 0 aromatic carbocycles. The zero-order valence-corrected chi connectivity index (χ0v) is 20.6. The average Bonchev–Trinajstić information content (AvgIpc) is 3.39. The van der Waals surface area contributed by atoms with Crippen molar-refractivity contribution in [2.24, 2.45) is 0 Å². The summed E-state index contributed by atoms with van der Waals surface area (Å²) in [5, 5.41) is 9.26. The molecule has 0 amide bonds. The van der Waals surface area contributed by atoms with E-state index in [9.17, 15) is 13.2 Å². The first-order valence-corrected chi connectivity index (χ1v) is 11.2. The lowest BCUT2D eigenvalue weighted by Gasteiger charge is -2.14. The van der Waals surface area contributed by atoms with Gasteiger partial charge in [0.1, 0.15) is 0 Å². The zero-order chi connectivity index (χ0) is 21.7. The Balaban J connectivity index is 0.00000272. The molecule has 0 spiro atoms. The van der Waals surface area contributed by atoms with Gasteiger partial charge in [-0.2, -0.15) is 18.3 Å². The van der Waals surface area contributed by atoms with Crippen molar-refractivity contribution < 1.29 is 30.2 Å². The van der Waals surface area contributed by atoms with E-state index in [4.69, 9.17) is 0 Å². The maximum atomic E-state index is 13.8. The number of hydrogen-bond donors (Lipinski definition) is 0. The van der Waals surface area contributed by atoms with Gasteiger partial charge in [0.25, 0.3) is 0 Å². The highest BCUT2D eigenvalue weighted by Crippen LogP contribution is 2.38. The number of halogens is 4. The molecule has 0 N–H and O–H groups in total. The van der Waals surface area contributed by atoms with E-state index >= 15 is 0 Å². The largest absolute Gasteiger partial charge is 1.00 e. The minimum atomic E-state index is -4.48. The molecule has 0 atom stereocenters. The van der Waals surface area contributed by atoms with Crippen LogP contribution in [0.5, 0.6) is 0 Å². The molecule has 0 saturated carbocycles. The van der Waals surface area contributed by atoms with Crippen molar-refractivity contribution in [3.63, 3.8) is 0 Å². The fraction of sp³-hybridized carbons (Fsp3) is 0.381. The van der Waals surface area contributed by atoms with Gasteiger partial charge < -0.3 is 17.0 Å². The predicted molar refractivity (Wildman–Crippen MR) is 115 cm³/mol. The number of pyridine rings is 1. The SMILES string of the molecule is Cc1nn(CCc2nc(C(C)(C)C)cs2)c2nc(-c3cccs3)cc(C(F)(F)F)c12.[Br-]. The molecule has 4 aromatic rings. The number of thiazole rings is 1. The molecule has 0 aliphatic carbocycles. The summed E-state index contributed by atoms with van der Waals surface area (Å²) in [6.45, 7) is 8.32. The molecule has 166 valence electrons. The summed E-state index contributed by atoms with van der Waals surface area (Å²) >= 11 is 2.93. The second-order valence-electron chi connectivity index (χ2n) is 8.16. The molecule has 0 radical (unpaired) electrons. The van der Waals surface area contributed by atoms with Crippen molar-refractivity contribution in [2.75, 3.05) is 0 Å². The van der Waals surface area contributed by atoms with Gasteiger partial charge in [0, 0.05) is 23.8 Å². The van der Waals surface area contributed by atoms with Crippen LogP contribution >= 0.6 is 22.7 Å². The summed E-state index contributed by atoms with van der Waals surface area (Å²) < 4.78 is 43.1. The van der Waals surface area contributed by atoms with Crippen LogP contribution in [-0.2, 0) is 24.6 Å². The van der Waals surface area contributed by atoms with Crippen LogP contribution in [0.4, 0.5) is 13.2 Å². The van der Waals surface area contributed by atoms with Gasteiger partial charge in [-0.05, 0) is 24.4 Å². The lowest BCUT2D eigenvalue weighted by atomic mass is 9.93. The Morgan fingerprint density at radius 1 is 1.10 bits per heavy atom. The van der Waals surface area contributed by atoms with Gasteiger partial charge in [0.15, 0.2) is 5.65 Å². The van der Waals surface area contributed by atoms with Crippen LogP contribution in [0.1, 0.15) is 42.7 Å². The Morgan fingerprint density at radius 2 is 1.84 bits per heavy atom. The van der Waals surface area contributed by atoms with Gasteiger partial charge in [0.05, 0.1) is 37.9 Å². The molecule has 4 rings (SSSR count). The fourth-order valence-corrected chi connectivity index (χ4v) is 4.96. The smallest absolute Gasteiger partial charge is 0.417 e. The summed E-state index contributed by atoms with van der Waals surface area (Å²) in [5.41, 5.74) is 1.19. The van der Waals surface area contributed by atoms with E-state index in [2.05, 4.69) is 35.8 Å². The van der Waals surface area contributed by atoms with Crippen molar-refractivity contribution in [1.29, 1.82) is 0 Å². The lowest BCUT2D eigenvalue weighted by molar-refractivity contribution is -0.136. The standard InChI is InChI=1S/C21H21F3N4S2.BrH/c1-12-18-13(21(22,23)24)10-14(15-6-5-9-29-15)25-19(18)28(27-12)8-7-17-26-16(11-30-17)20(2,3)4;/h5-6,9-11H,7-8H2,1-4H3;1H/p-1. The van der Waals surface area contributed by atoms with Gasteiger partial charge in [-0.15, -0.1) is 22.7 Å². The molecule has 31 heavy (non-hydrogen) atoms. The van der Waals surface area contributed by atoms with Crippen molar-refractivity contribution >= 4 is 33.7 Å². The Morgan fingerprint density at radius 3 is 2.42 bits per heavy atom.